The number of nitrogens with zero attached hydrogens (tertiary/aromatic N) is 5. The minimum Gasteiger partial charge on any atom is -0.466 e. The van der Waals surface area contributed by atoms with Crippen LogP contribution in [0, 0.1) is 17.8 Å². The normalized spacial score (nSPS) is 20.8. The second-order valence-corrected chi connectivity index (χ2v) is 13.2. The van der Waals surface area contributed by atoms with Crippen LogP contribution in [0.2, 0.25) is 0 Å². The Bertz CT molecular complexity index is 1590. The van der Waals surface area contributed by atoms with Crippen molar-refractivity contribution in [3.05, 3.63) is 42.2 Å². The fourth-order valence-corrected chi connectivity index (χ4v) is 5.85. The number of aromatic nitrogens is 4. The molecule has 2 atom stereocenters. The number of oxazole rings is 1. The number of amides is 2. The van der Waals surface area contributed by atoms with Gasteiger partial charge in [0.15, 0.2) is 11.4 Å². The molecule has 3 heterocycles. The number of anilines is 2. The van der Waals surface area contributed by atoms with Gasteiger partial charge in [-0.1, -0.05) is 0 Å². The summed E-state index contributed by atoms with van der Waals surface area (Å²) in [6.07, 6.45) is 3.65. The zero-order valence-electron chi connectivity index (χ0n) is 27.8. The van der Waals surface area contributed by atoms with Crippen molar-refractivity contribution in [3.8, 4) is 11.5 Å². The topological polar surface area (TPSA) is 151 Å². The van der Waals surface area contributed by atoms with E-state index in [9.17, 15) is 23.2 Å². The molecule has 1 N–H and O–H groups in total. The first-order valence-corrected chi connectivity index (χ1v) is 16.1. The molecule has 2 saturated carbocycles. The van der Waals surface area contributed by atoms with E-state index in [1.165, 1.54) is 22.0 Å². The third-order valence-corrected chi connectivity index (χ3v) is 8.39. The SMILES string of the molecule is CCOC(=O)[C@H]1CC[C@H](n2cc(NC(=O)c3coc(-c4ccnc(N(CC5CC5COC)C(=O)OC(C)(C)C)c4)n3)c(C(F)F)n2)CC1. The van der Waals surface area contributed by atoms with Crippen molar-refractivity contribution in [1.29, 1.82) is 0 Å². The van der Waals surface area contributed by atoms with Gasteiger partial charge >= 0.3 is 12.1 Å². The van der Waals surface area contributed by atoms with Crippen molar-refractivity contribution < 1.29 is 41.8 Å². The van der Waals surface area contributed by atoms with Crippen LogP contribution in [-0.2, 0) is 19.0 Å². The van der Waals surface area contributed by atoms with E-state index >= 15 is 0 Å². The number of hydrogen-bond acceptors (Lipinski definition) is 10. The molecule has 0 bridgehead atoms. The minimum atomic E-state index is -2.94. The predicted molar refractivity (Wildman–Crippen MR) is 170 cm³/mol. The van der Waals surface area contributed by atoms with Gasteiger partial charge in [-0.3, -0.25) is 19.2 Å². The Labute approximate surface area is 277 Å². The summed E-state index contributed by atoms with van der Waals surface area (Å²) in [5.41, 5.74) is -1.13. The number of ether oxygens (including phenoxy) is 3. The van der Waals surface area contributed by atoms with Gasteiger partial charge in [0.1, 0.15) is 17.7 Å². The lowest BCUT2D eigenvalue weighted by atomic mass is 9.86. The van der Waals surface area contributed by atoms with Crippen LogP contribution in [0.4, 0.5) is 25.1 Å². The number of methoxy groups -OCH3 is 1. The highest BCUT2D eigenvalue weighted by atomic mass is 19.3. The zero-order chi connectivity index (χ0) is 34.6. The standard InChI is InChI=1S/C33H42F2N6O7/c1-6-46-31(43)19-7-9-23(10-8-19)41-16-24(27(39-41)28(34)35)37-29(42)25-18-47-30(38-25)20-11-12-36-26(14-20)40(32(44)48-33(2,3)4)15-21-13-22(21)17-45-5/h11-12,14,16,18-19,21-23,28H,6-10,13,15,17H2,1-5H3,(H,37,42)/t19-,21?,22?,23-. The van der Waals surface area contributed by atoms with Crippen LogP contribution in [-0.4, -0.2) is 70.2 Å². The van der Waals surface area contributed by atoms with E-state index in [-0.39, 0.29) is 41.1 Å². The Morgan fingerprint density at radius 1 is 1.17 bits per heavy atom. The maximum Gasteiger partial charge on any atom is 0.416 e. The van der Waals surface area contributed by atoms with Gasteiger partial charge in [0, 0.05) is 38.2 Å². The van der Waals surface area contributed by atoms with Crippen LogP contribution >= 0.6 is 0 Å². The van der Waals surface area contributed by atoms with E-state index in [0.29, 0.717) is 62.7 Å². The Balaban J connectivity index is 1.29. The number of pyridine rings is 1. The summed E-state index contributed by atoms with van der Waals surface area (Å²) < 4.78 is 51.0. The number of hydrogen-bond donors (Lipinski definition) is 1. The molecule has 2 fully saturated rings. The zero-order valence-corrected chi connectivity index (χ0v) is 27.8. The molecule has 0 saturated heterocycles. The molecule has 15 heteroatoms. The number of nitrogens with one attached hydrogen (secondary N) is 1. The molecule has 0 spiro atoms. The molecule has 2 aliphatic rings. The molecule has 3 aromatic heterocycles. The summed E-state index contributed by atoms with van der Waals surface area (Å²) in [4.78, 5) is 48.6. The molecule has 13 nitrogen and oxygen atoms in total. The molecule has 2 amide bonds. The molecule has 2 unspecified atom stereocenters. The van der Waals surface area contributed by atoms with Crippen LogP contribution in [0.15, 0.2) is 35.2 Å². The number of alkyl halides is 2. The smallest absolute Gasteiger partial charge is 0.416 e. The highest BCUT2D eigenvalue weighted by Crippen LogP contribution is 2.40. The van der Waals surface area contributed by atoms with E-state index in [2.05, 4.69) is 20.4 Å². The Morgan fingerprint density at radius 3 is 2.58 bits per heavy atom. The van der Waals surface area contributed by atoms with Crippen LogP contribution in [0.5, 0.6) is 0 Å². The van der Waals surface area contributed by atoms with Gasteiger partial charge in [-0.15, -0.1) is 0 Å². The minimum absolute atomic E-state index is 0.0692. The van der Waals surface area contributed by atoms with Crippen LogP contribution in [0.3, 0.4) is 0 Å². The fraction of sp³-hybridized carbons (Fsp3) is 0.576. The first kappa shape index (κ1) is 34.9. The summed E-state index contributed by atoms with van der Waals surface area (Å²) >= 11 is 0. The number of carbonyl (C=O) groups is 3. The average molecular weight is 673 g/mol. The van der Waals surface area contributed by atoms with Gasteiger partial charge < -0.3 is 23.9 Å². The summed E-state index contributed by atoms with van der Waals surface area (Å²) in [6.45, 7) is 8.38. The lowest BCUT2D eigenvalue weighted by Crippen LogP contribution is -2.39. The van der Waals surface area contributed by atoms with E-state index in [1.807, 2.05) is 0 Å². The van der Waals surface area contributed by atoms with Gasteiger partial charge in [-0.25, -0.2) is 23.5 Å². The van der Waals surface area contributed by atoms with Crippen molar-refractivity contribution in [2.24, 2.45) is 17.8 Å². The van der Waals surface area contributed by atoms with Crippen molar-refractivity contribution in [3.63, 3.8) is 0 Å². The fourth-order valence-electron chi connectivity index (χ4n) is 5.85. The van der Waals surface area contributed by atoms with E-state index in [1.54, 1.807) is 46.9 Å². The molecule has 0 aromatic carbocycles. The molecule has 2 aliphatic carbocycles. The van der Waals surface area contributed by atoms with Crippen molar-refractivity contribution >= 4 is 29.5 Å². The number of rotatable bonds is 12. The largest absolute Gasteiger partial charge is 0.466 e. The van der Waals surface area contributed by atoms with Crippen LogP contribution < -0.4 is 10.2 Å². The van der Waals surface area contributed by atoms with Crippen molar-refractivity contribution in [2.75, 3.05) is 37.1 Å². The van der Waals surface area contributed by atoms with E-state index in [4.69, 9.17) is 18.6 Å². The molecule has 260 valence electrons. The van der Waals surface area contributed by atoms with Crippen molar-refractivity contribution in [2.45, 2.75) is 77.9 Å². The molecule has 5 rings (SSSR count). The molecule has 0 aliphatic heterocycles. The molecule has 3 aromatic rings. The highest BCUT2D eigenvalue weighted by molar-refractivity contribution is 6.03. The van der Waals surface area contributed by atoms with Gasteiger partial charge in [-0.05, 0) is 83.8 Å². The summed E-state index contributed by atoms with van der Waals surface area (Å²) in [5, 5.41) is 6.57. The van der Waals surface area contributed by atoms with E-state index < -0.39 is 29.7 Å². The van der Waals surface area contributed by atoms with Gasteiger partial charge in [0.05, 0.1) is 24.3 Å². The van der Waals surface area contributed by atoms with E-state index in [0.717, 1.165) is 12.7 Å². The molecule has 48 heavy (non-hydrogen) atoms. The van der Waals surface area contributed by atoms with Gasteiger partial charge in [-0.2, -0.15) is 5.10 Å². The van der Waals surface area contributed by atoms with Crippen LogP contribution in [0.1, 0.15) is 88.4 Å². The predicted octanol–water partition coefficient (Wildman–Crippen LogP) is 6.44. The monoisotopic (exact) mass is 672 g/mol. The maximum absolute atomic E-state index is 14.0. The second-order valence-electron chi connectivity index (χ2n) is 13.2. The maximum atomic E-state index is 14.0. The summed E-state index contributed by atoms with van der Waals surface area (Å²) in [5.74, 6) is -0.293. The van der Waals surface area contributed by atoms with Gasteiger partial charge in [0.25, 0.3) is 12.3 Å². The Kier molecular flexibility index (Phi) is 10.8. The van der Waals surface area contributed by atoms with Crippen LogP contribution in [0.25, 0.3) is 11.5 Å². The third kappa shape index (κ3) is 8.54. The Morgan fingerprint density at radius 2 is 1.92 bits per heavy atom. The summed E-state index contributed by atoms with van der Waals surface area (Å²) in [7, 11) is 1.64. The quantitative estimate of drug-likeness (QED) is 0.213. The number of halogens is 2. The molecule has 0 radical (unpaired) electrons. The molecular formula is C33H42F2N6O7. The number of carbonyl (C=O) groups excluding carboxylic acids is 3. The lowest BCUT2D eigenvalue weighted by Gasteiger charge is -2.27. The Hall–Kier alpha value is -4.40. The van der Waals surface area contributed by atoms with Crippen molar-refractivity contribution in [1.82, 2.24) is 19.7 Å². The summed E-state index contributed by atoms with van der Waals surface area (Å²) in [6, 6.07) is 3.02. The third-order valence-electron chi connectivity index (χ3n) is 8.39. The first-order valence-electron chi connectivity index (χ1n) is 16.1. The van der Waals surface area contributed by atoms with Gasteiger partial charge in [0.2, 0.25) is 5.89 Å². The highest BCUT2D eigenvalue weighted by Gasteiger charge is 2.40. The molecular weight excluding hydrogens is 630 g/mol. The lowest BCUT2D eigenvalue weighted by molar-refractivity contribution is -0.149. The number of esters is 1. The first-order chi connectivity index (χ1) is 22.9. The average Bonchev–Trinajstić information content (AvgIpc) is 3.38. The second kappa shape index (κ2) is 14.8.